The maximum Gasteiger partial charge on any atom is 0.422 e. The van der Waals surface area contributed by atoms with E-state index in [4.69, 9.17) is 16.3 Å². The summed E-state index contributed by atoms with van der Waals surface area (Å²) in [5.74, 6) is 0. The third-order valence-corrected chi connectivity index (χ3v) is 2.61. The van der Waals surface area contributed by atoms with Crippen LogP contribution in [0.2, 0.25) is 5.02 Å². The summed E-state index contributed by atoms with van der Waals surface area (Å²) in [5.41, 5.74) is 3.97. The lowest BCUT2D eigenvalue weighted by atomic mass is 10.1. The molecule has 0 saturated carbocycles. The van der Waals surface area contributed by atoms with Crippen LogP contribution < -0.4 is 5.43 Å². The van der Waals surface area contributed by atoms with Gasteiger partial charge in [0.15, 0.2) is 0 Å². The number of carbonyl (C=O) groups is 1. The highest BCUT2D eigenvalue weighted by molar-refractivity contribution is 6.30. The number of carbonyl (C=O) groups excluding carboxylic acids is 1. The minimum atomic E-state index is -0.516. The van der Waals surface area contributed by atoms with Gasteiger partial charge in [-0.1, -0.05) is 30.3 Å². The predicted molar refractivity (Wildman–Crippen MR) is 82.5 cm³/mol. The van der Waals surface area contributed by atoms with Gasteiger partial charge >= 0.3 is 6.09 Å². The third-order valence-electron chi connectivity index (χ3n) is 2.36. The maximum atomic E-state index is 11.6. The highest BCUT2D eigenvalue weighted by Gasteiger charge is 2.17. The average Bonchev–Trinajstić information content (AvgIpc) is 2.26. The van der Waals surface area contributed by atoms with Gasteiger partial charge in [0.05, 0.1) is 0 Å². The highest BCUT2D eigenvalue weighted by Crippen LogP contribution is 2.16. The fourth-order valence-corrected chi connectivity index (χ4v) is 1.69. The fraction of sp³-hybridized carbons (Fsp3) is 0.400. The third kappa shape index (κ3) is 6.08. The van der Waals surface area contributed by atoms with Crippen LogP contribution in [0.4, 0.5) is 4.79 Å². The second-order valence-corrected chi connectivity index (χ2v) is 6.02. The van der Waals surface area contributed by atoms with Gasteiger partial charge in [-0.2, -0.15) is 0 Å². The van der Waals surface area contributed by atoms with E-state index in [1.165, 1.54) is 0 Å². The van der Waals surface area contributed by atoms with Gasteiger partial charge in [-0.05, 0) is 44.0 Å². The first-order chi connectivity index (χ1) is 9.17. The van der Waals surface area contributed by atoms with Gasteiger partial charge < -0.3 is 4.74 Å². The van der Waals surface area contributed by atoms with Crippen molar-refractivity contribution < 1.29 is 9.53 Å². The lowest BCUT2D eigenvalue weighted by Gasteiger charge is -2.24. The second-order valence-electron chi connectivity index (χ2n) is 5.58. The van der Waals surface area contributed by atoms with Crippen molar-refractivity contribution in [3.63, 3.8) is 0 Å². The van der Waals surface area contributed by atoms with Crippen molar-refractivity contribution in [2.24, 2.45) is 0 Å². The summed E-state index contributed by atoms with van der Waals surface area (Å²) in [4.78, 5) is 11.6. The van der Waals surface area contributed by atoms with Gasteiger partial charge in [0.25, 0.3) is 0 Å². The van der Waals surface area contributed by atoms with E-state index in [1.54, 1.807) is 12.1 Å². The Kier molecular flexibility index (Phi) is 5.60. The molecule has 4 nitrogen and oxygen atoms in total. The molecule has 0 fully saturated rings. The van der Waals surface area contributed by atoms with E-state index in [-0.39, 0.29) is 0 Å². The number of benzene rings is 1. The zero-order chi connectivity index (χ0) is 15.3. The van der Waals surface area contributed by atoms with Crippen LogP contribution in [0.1, 0.15) is 26.3 Å². The SMILES string of the molecule is C=C(CN(C)NC(=O)OC(C)(C)C)c1ccc(Cl)cc1. The largest absolute Gasteiger partial charge is 0.443 e. The molecule has 1 N–H and O–H groups in total. The molecule has 0 saturated heterocycles. The molecule has 0 heterocycles. The van der Waals surface area contributed by atoms with E-state index in [2.05, 4.69) is 12.0 Å². The average molecular weight is 297 g/mol. The Bertz CT molecular complexity index is 478. The van der Waals surface area contributed by atoms with E-state index in [0.717, 1.165) is 11.1 Å². The number of likely N-dealkylation sites (N-methyl/N-ethyl adjacent to an activating group) is 1. The Morgan fingerprint density at radius 2 is 1.90 bits per heavy atom. The quantitative estimate of drug-likeness (QED) is 0.861. The van der Waals surface area contributed by atoms with Gasteiger partial charge in [0.1, 0.15) is 5.60 Å². The number of nitrogens with zero attached hydrogens (tertiary/aromatic N) is 1. The smallest absolute Gasteiger partial charge is 0.422 e. The number of nitrogens with one attached hydrogen (secondary N) is 1. The molecular weight excluding hydrogens is 276 g/mol. The molecule has 0 aromatic heterocycles. The summed E-state index contributed by atoms with van der Waals surface area (Å²) < 4.78 is 5.17. The van der Waals surface area contributed by atoms with Crippen LogP contribution in [0.15, 0.2) is 30.8 Å². The van der Waals surface area contributed by atoms with Gasteiger partial charge in [-0.15, -0.1) is 0 Å². The molecule has 20 heavy (non-hydrogen) atoms. The summed E-state index contributed by atoms with van der Waals surface area (Å²) in [6.07, 6.45) is -0.482. The predicted octanol–water partition coefficient (Wildman–Crippen LogP) is 3.72. The number of hydrogen-bond acceptors (Lipinski definition) is 3. The van der Waals surface area contributed by atoms with E-state index in [0.29, 0.717) is 11.6 Å². The number of ether oxygens (including phenoxy) is 1. The highest BCUT2D eigenvalue weighted by atomic mass is 35.5. The maximum absolute atomic E-state index is 11.6. The van der Waals surface area contributed by atoms with E-state index in [1.807, 2.05) is 45.0 Å². The lowest BCUT2D eigenvalue weighted by Crippen LogP contribution is -2.43. The van der Waals surface area contributed by atoms with Crippen molar-refractivity contribution in [3.8, 4) is 0 Å². The van der Waals surface area contributed by atoms with Crippen molar-refractivity contribution in [2.45, 2.75) is 26.4 Å². The molecule has 0 aliphatic heterocycles. The Labute approximate surface area is 125 Å². The minimum absolute atomic E-state index is 0.482. The first-order valence-corrected chi connectivity index (χ1v) is 6.69. The minimum Gasteiger partial charge on any atom is -0.443 e. The van der Waals surface area contributed by atoms with E-state index >= 15 is 0 Å². The summed E-state index contributed by atoms with van der Waals surface area (Å²) in [6, 6.07) is 7.41. The van der Waals surface area contributed by atoms with Crippen molar-refractivity contribution in [1.29, 1.82) is 0 Å². The molecule has 5 heteroatoms. The van der Waals surface area contributed by atoms with Crippen LogP contribution >= 0.6 is 11.6 Å². The van der Waals surface area contributed by atoms with Crippen LogP contribution in [0.3, 0.4) is 0 Å². The molecule has 0 bridgehead atoms. The molecule has 110 valence electrons. The summed E-state index contributed by atoms with van der Waals surface area (Å²) in [7, 11) is 1.75. The second kappa shape index (κ2) is 6.77. The normalized spacial score (nSPS) is 11.3. The molecule has 0 unspecified atom stereocenters. The van der Waals surface area contributed by atoms with Gasteiger partial charge in [-0.3, -0.25) is 5.43 Å². The molecule has 0 radical (unpaired) electrons. The number of amides is 1. The molecule has 1 aromatic carbocycles. The Morgan fingerprint density at radius 1 is 1.35 bits per heavy atom. The fourth-order valence-electron chi connectivity index (χ4n) is 1.56. The molecule has 1 rings (SSSR count). The molecule has 1 aromatic rings. The lowest BCUT2D eigenvalue weighted by molar-refractivity contribution is 0.0385. The standard InChI is InChI=1S/C15H21ClN2O2/c1-11(12-6-8-13(16)9-7-12)10-18(5)17-14(19)20-15(2,3)4/h6-9H,1,10H2,2-5H3,(H,17,19). The first-order valence-electron chi connectivity index (χ1n) is 6.32. The molecule has 0 spiro atoms. The zero-order valence-electron chi connectivity index (χ0n) is 12.4. The first kappa shape index (κ1) is 16.5. The molecule has 0 atom stereocenters. The Morgan fingerprint density at radius 3 is 2.40 bits per heavy atom. The van der Waals surface area contributed by atoms with Gasteiger partial charge in [0.2, 0.25) is 0 Å². The molecule has 0 aliphatic carbocycles. The van der Waals surface area contributed by atoms with Crippen molar-refractivity contribution >= 4 is 23.3 Å². The Balaban J connectivity index is 2.50. The van der Waals surface area contributed by atoms with Crippen LogP contribution in [0.25, 0.3) is 5.57 Å². The number of halogens is 1. The summed E-state index contributed by atoms with van der Waals surface area (Å²) in [6.45, 7) is 9.94. The zero-order valence-corrected chi connectivity index (χ0v) is 13.1. The van der Waals surface area contributed by atoms with Gasteiger partial charge in [0, 0.05) is 18.6 Å². The molecular formula is C15H21ClN2O2. The number of hydrogen-bond donors (Lipinski definition) is 1. The van der Waals surface area contributed by atoms with Crippen LogP contribution in [0, 0.1) is 0 Å². The molecule has 0 aliphatic rings. The van der Waals surface area contributed by atoms with E-state index in [9.17, 15) is 4.79 Å². The van der Waals surface area contributed by atoms with Crippen molar-refractivity contribution in [2.75, 3.05) is 13.6 Å². The van der Waals surface area contributed by atoms with Crippen LogP contribution in [-0.4, -0.2) is 30.3 Å². The van der Waals surface area contributed by atoms with E-state index < -0.39 is 11.7 Å². The monoisotopic (exact) mass is 296 g/mol. The molecule has 1 amide bonds. The van der Waals surface area contributed by atoms with Crippen molar-refractivity contribution in [1.82, 2.24) is 10.4 Å². The van der Waals surface area contributed by atoms with Gasteiger partial charge in [-0.25, -0.2) is 9.80 Å². The Hall–Kier alpha value is -1.52. The number of hydrazine groups is 1. The number of rotatable bonds is 4. The van der Waals surface area contributed by atoms with Crippen LogP contribution in [0.5, 0.6) is 0 Å². The van der Waals surface area contributed by atoms with Crippen LogP contribution in [-0.2, 0) is 4.74 Å². The van der Waals surface area contributed by atoms with Crippen molar-refractivity contribution in [3.05, 3.63) is 41.4 Å². The summed E-state index contributed by atoms with van der Waals surface area (Å²) >= 11 is 5.84. The topological polar surface area (TPSA) is 41.6 Å². The summed E-state index contributed by atoms with van der Waals surface area (Å²) in [5, 5.41) is 2.31.